The summed E-state index contributed by atoms with van der Waals surface area (Å²) in [6, 6.07) is 7.98. The van der Waals surface area contributed by atoms with Gasteiger partial charge < -0.3 is 9.84 Å². The number of aromatic hydroxyl groups is 1. The predicted octanol–water partition coefficient (Wildman–Crippen LogP) is 2.34. The molecule has 4 heteroatoms. The minimum absolute atomic E-state index is 0.120. The first kappa shape index (κ1) is 11.7. The number of aryl methyl sites for hydroxylation is 1. The van der Waals surface area contributed by atoms with E-state index in [1.807, 2.05) is 18.2 Å². The van der Waals surface area contributed by atoms with Crippen molar-refractivity contribution in [2.75, 3.05) is 7.11 Å². The first-order chi connectivity index (χ1) is 9.22. The number of hydrogen-bond donors (Lipinski definition) is 1. The Balaban J connectivity index is 2.26. The second kappa shape index (κ2) is 4.39. The fourth-order valence-corrected chi connectivity index (χ4v) is 2.58. The molecule has 0 fully saturated rings. The van der Waals surface area contributed by atoms with E-state index in [2.05, 4.69) is 11.1 Å². The number of rotatable bonds is 1. The van der Waals surface area contributed by atoms with Gasteiger partial charge in [-0.3, -0.25) is 4.98 Å². The average molecular weight is 255 g/mol. The summed E-state index contributed by atoms with van der Waals surface area (Å²) in [5.74, 6) is -0.638. The molecule has 1 heterocycles. The maximum absolute atomic E-state index is 11.8. The lowest BCUT2D eigenvalue weighted by atomic mass is 9.86. The van der Waals surface area contributed by atoms with Crippen molar-refractivity contribution < 1.29 is 14.6 Å². The standard InChI is InChI=1S/C15H13NO3/c1-19-15(18)13-11-7-6-9-4-2-3-5-10(9)14(11)16-8-12(13)17/h2-5,8,17H,6-7H2,1H3. The molecule has 1 aromatic heterocycles. The van der Waals surface area contributed by atoms with Crippen LogP contribution >= 0.6 is 0 Å². The smallest absolute Gasteiger partial charge is 0.342 e. The molecule has 0 saturated heterocycles. The predicted molar refractivity (Wildman–Crippen MR) is 70.1 cm³/mol. The largest absolute Gasteiger partial charge is 0.505 e. The fourth-order valence-electron chi connectivity index (χ4n) is 2.58. The van der Waals surface area contributed by atoms with Crippen molar-refractivity contribution in [3.63, 3.8) is 0 Å². The molecule has 19 heavy (non-hydrogen) atoms. The quantitative estimate of drug-likeness (QED) is 0.794. The number of pyridine rings is 1. The summed E-state index contributed by atoms with van der Waals surface area (Å²) in [5, 5.41) is 9.85. The topological polar surface area (TPSA) is 59.4 Å². The summed E-state index contributed by atoms with van der Waals surface area (Å²) >= 11 is 0. The molecule has 0 saturated carbocycles. The Morgan fingerprint density at radius 1 is 1.32 bits per heavy atom. The van der Waals surface area contributed by atoms with E-state index < -0.39 is 5.97 Å². The molecule has 0 bridgehead atoms. The number of nitrogens with zero attached hydrogens (tertiary/aromatic N) is 1. The Bertz CT molecular complexity index is 664. The molecule has 1 aliphatic rings. The van der Waals surface area contributed by atoms with E-state index in [4.69, 9.17) is 4.74 Å². The highest BCUT2D eigenvalue weighted by molar-refractivity contribution is 5.96. The van der Waals surface area contributed by atoms with Gasteiger partial charge in [-0.1, -0.05) is 24.3 Å². The highest BCUT2D eigenvalue weighted by atomic mass is 16.5. The molecule has 0 amide bonds. The Kier molecular flexibility index (Phi) is 2.71. The Hall–Kier alpha value is -2.36. The van der Waals surface area contributed by atoms with Gasteiger partial charge in [0.1, 0.15) is 11.3 Å². The third kappa shape index (κ3) is 1.76. The minimum Gasteiger partial charge on any atom is -0.505 e. The SMILES string of the molecule is COC(=O)c1c(O)cnc2c1CCc1ccccc1-2. The van der Waals surface area contributed by atoms with Crippen molar-refractivity contribution in [2.24, 2.45) is 0 Å². The van der Waals surface area contributed by atoms with Gasteiger partial charge in [0.05, 0.1) is 19.0 Å². The van der Waals surface area contributed by atoms with Crippen molar-refractivity contribution in [3.8, 4) is 17.0 Å². The number of ether oxygens (including phenoxy) is 1. The second-order valence-corrected chi connectivity index (χ2v) is 4.49. The Morgan fingerprint density at radius 2 is 2.11 bits per heavy atom. The summed E-state index contributed by atoms with van der Waals surface area (Å²) in [5.41, 5.74) is 4.01. The molecule has 1 N–H and O–H groups in total. The van der Waals surface area contributed by atoms with Crippen LogP contribution in [-0.2, 0) is 17.6 Å². The molecule has 1 aromatic carbocycles. The van der Waals surface area contributed by atoms with E-state index in [9.17, 15) is 9.90 Å². The number of methoxy groups -OCH3 is 1. The summed E-state index contributed by atoms with van der Waals surface area (Å²) in [6.07, 6.45) is 2.82. The highest BCUT2D eigenvalue weighted by Gasteiger charge is 2.25. The molecule has 3 rings (SSSR count). The molecule has 1 aliphatic carbocycles. The molecule has 96 valence electrons. The second-order valence-electron chi connectivity index (χ2n) is 4.49. The third-order valence-electron chi connectivity index (χ3n) is 3.47. The van der Waals surface area contributed by atoms with Crippen LogP contribution in [0.1, 0.15) is 21.5 Å². The molecule has 0 spiro atoms. The summed E-state index contributed by atoms with van der Waals surface area (Å²) in [6.45, 7) is 0. The number of carbonyl (C=O) groups is 1. The molecule has 0 atom stereocenters. The van der Waals surface area contributed by atoms with E-state index in [0.29, 0.717) is 6.42 Å². The van der Waals surface area contributed by atoms with Crippen LogP contribution < -0.4 is 0 Å². The first-order valence-electron chi connectivity index (χ1n) is 6.10. The lowest BCUT2D eigenvalue weighted by Crippen LogP contribution is -2.13. The van der Waals surface area contributed by atoms with E-state index in [1.165, 1.54) is 18.9 Å². The van der Waals surface area contributed by atoms with Gasteiger partial charge in [-0.25, -0.2) is 4.79 Å². The van der Waals surface area contributed by atoms with Gasteiger partial charge in [0.15, 0.2) is 0 Å². The molecule has 0 aliphatic heterocycles. The maximum atomic E-state index is 11.8. The Morgan fingerprint density at radius 3 is 2.89 bits per heavy atom. The monoisotopic (exact) mass is 255 g/mol. The van der Waals surface area contributed by atoms with Crippen molar-refractivity contribution in [3.05, 3.63) is 47.2 Å². The number of hydrogen-bond acceptors (Lipinski definition) is 4. The molecule has 4 nitrogen and oxygen atoms in total. The lowest BCUT2D eigenvalue weighted by molar-refractivity contribution is 0.0596. The molecular formula is C15H13NO3. The number of benzene rings is 1. The van der Waals surface area contributed by atoms with Crippen LogP contribution in [0.4, 0.5) is 0 Å². The molecule has 0 unspecified atom stereocenters. The van der Waals surface area contributed by atoms with Crippen molar-refractivity contribution in [1.82, 2.24) is 4.98 Å². The zero-order chi connectivity index (χ0) is 13.4. The van der Waals surface area contributed by atoms with Gasteiger partial charge in [-0.2, -0.15) is 0 Å². The van der Waals surface area contributed by atoms with Crippen LogP contribution in [0, 0.1) is 0 Å². The zero-order valence-corrected chi connectivity index (χ0v) is 10.5. The molecule has 0 radical (unpaired) electrons. The highest BCUT2D eigenvalue weighted by Crippen LogP contribution is 2.36. The van der Waals surface area contributed by atoms with Crippen LogP contribution in [0.15, 0.2) is 30.5 Å². The maximum Gasteiger partial charge on any atom is 0.342 e. The first-order valence-corrected chi connectivity index (χ1v) is 6.10. The van der Waals surface area contributed by atoms with Gasteiger partial charge in [0, 0.05) is 5.56 Å². The summed E-state index contributed by atoms with van der Waals surface area (Å²) in [7, 11) is 1.31. The molecular weight excluding hydrogens is 242 g/mol. The van der Waals surface area contributed by atoms with E-state index >= 15 is 0 Å². The summed E-state index contributed by atoms with van der Waals surface area (Å²) in [4.78, 5) is 16.1. The lowest BCUT2D eigenvalue weighted by Gasteiger charge is -2.21. The van der Waals surface area contributed by atoms with Crippen molar-refractivity contribution in [2.45, 2.75) is 12.8 Å². The van der Waals surface area contributed by atoms with E-state index in [0.717, 1.165) is 23.2 Å². The third-order valence-corrected chi connectivity index (χ3v) is 3.47. The number of fused-ring (bicyclic) bond motifs is 3. The average Bonchev–Trinajstić information content (AvgIpc) is 2.46. The minimum atomic E-state index is -0.518. The van der Waals surface area contributed by atoms with Crippen LogP contribution in [0.5, 0.6) is 5.75 Å². The molecule has 2 aromatic rings. The zero-order valence-electron chi connectivity index (χ0n) is 10.5. The van der Waals surface area contributed by atoms with Crippen LogP contribution in [0.3, 0.4) is 0 Å². The van der Waals surface area contributed by atoms with E-state index in [-0.39, 0.29) is 11.3 Å². The number of aromatic nitrogens is 1. The van der Waals surface area contributed by atoms with Crippen molar-refractivity contribution in [1.29, 1.82) is 0 Å². The van der Waals surface area contributed by atoms with Crippen LogP contribution in [0.25, 0.3) is 11.3 Å². The van der Waals surface area contributed by atoms with Gasteiger partial charge in [-0.15, -0.1) is 0 Å². The normalized spacial score (nSPS) is 12.5. The Labute approximate surface area is 110 Å². The summed E-state index contributed by atoms with van der Waals surface area (Å²) < 4.78 is 4.74. The van der Waals surface area contributed by atoms with Gasteiger partial charge >= 0.3 is 5.97 Å². The van der Waals surface area contributed by atoms with Crippen LogP contribution in [0.2, 0.25) is 0 Å². The number of carbonyl (C=O) groups excluding carboxylic acids is 1. The number of esters is 1. The van der Waals surface area contributed by atoms with Gasteiger partial charge in [-0.05, 0) is 24.0 Å². The van der Waals surface area contributed by atoms with Gasteiger partial charge in [0.25, 0.3) is 0 Å². The van der Waals surface area contributed by atoms with Gasteiger partial charge in [0.2, 0.25) is 0 Å². The van der Waals surface area contributed by atoms with Crippen LogP contribution in [-0.4, -0.2) is 23.2 Å². The fraction of sp³-hybridized carbons (Fsp3) is 0.200. The van der Waals surface area contributed by atoms with Crippen molar-refractivity contribution >= 4 is 5.97 Å². The van der Waals surface area contributed by atoms with E-state index in [1.54, 1.807) is 0 Å².